The van der Waals surface area contributed by atoms with Crippen LogP contribution in [-0.4, -0.2) is 27.5 Å². The van der Waals surface area contributed by atoms with Crippen LogP contribution < -0.4 is 4.74 Å². The van der Waals surface area contributed by atoms with E-state index >= 15 is 0 Å². The summed E-state index contributed by atoms with van der Waals surface area (Å²) in [5, 5.41) is 4.66. The molecule has 24 heavy (non-hydrogen) atoms. The molecule has 4 rings (SSSR count). The molecule has 1 aromatic carbocycles. The summed E-state index contributed by atoms with van der Waals surface area (Å²) in [5.74, 6) is 0.995. The molecule has 0 spiro atoms. The summed E-state index contributed by atoms with van der Waals surface area (Å²) in [6.07, 6.45) is 5.00. The van der Waals surface area contributed by atoms with Crippen LogP contribution in [0.15, 0.2) is 30.5 Å². The summed E-state index contributed by atoms with van der Waals surface area (Å²) >= 11 is 0. The zero-order valence-corrected chi connectivity index (χ0v) is 13.9. The van der Waals surface area contributed by atoms with Crippen molar-refractivity contribution in [3.8, 4) is 16.9 Å². The van der Waals surface area contributed by atoms with Gasteiger partial charge in [-0.05, 0) is 37.0 Å². The fourth-order valence-electron chi connectivity index (χ4n) is 3.33. The van der Waals surface area contributed by atoms with Crippen molar-refractivity contribution >= 4 is 11.4 Å². The van der Waals surface area contributed by atoms with Crippen molar-refractivity contribution in [2.45, 2.75) is 32.6 Å². The summed E-state index contributed by atoms with van der Waals surface area (Å²) in [7, 11) is 1.66. The van der Waals surface area contributed by atoms with Crippen LogP contribution in [0.3, 0.4) is 0 Å². The van der Waals surface area contributed by atoms with Crippen molar-refractivity contribution in [3.63, 3.8) is 0 Å². The second-order valence-electron chi connectivity index (χ2n) is 6.05. The highest BCUT2D eigenvalue weighted by molar-refractivity contribution is 5.98. The molecule has 2 heterocycles. The van der Waals surface area contributed by atoms with Crippen LogP contribution in [-0.2, 0) is 12.8 Å². The second kappa shape index (κ2) is 5.74. The lowest BCUT2D eigenvalue weighted by molar-refractivity contribution is 0.0971. The normalized spacial score (nSPS) is 14.0. The van der Waals surface area contributed by atoms with Crippen LogP contribution in [0, 0.1) is 0 Å². The number of methoxy groups -OCH3 is 1. The lowest BCUT2D eigenvalue weighted by Gasteiger charge is -2.13. The number of benzene rings is 1. The number of carbonyl (C=O) groups excluding carboxylic acids is 1. The van der Waals surface area contributed by atoms with E-state index in [4.69, 9.17) is 9.72 Å². The molecule has 1 aliphatic carbocycles. The quantitative estimate of drug-likeness (QED) is 0.741. The molecule has 0 bridgehead atoms. The number of carbonyl (C=O) groups is 1. The fourth-order valence-corrected chi connectivity index (χ4v) is 3.33. The third-order valence-electron chi connectivity index (χ3n) is 4.59. The lowest BCUT2D eigenvalue weighted by atomic mass is 9.96. The van der Waals surface area contributed by atoms with Crippen molar-refractivity contribution < 1.29 is 9.53 Å². The number of fused-ring (bicyclic) bond motifs is 2. The maximum absolute atomic E-state index is 12.1. The molecule has 5 nitrogen and oxygen atoms in total. The SMILES string of the molecule is CCc1nn2cc3c(nc2c1-c1ccc(OC)cc1)CCCC3=O. The van der Waals surface area contributed by atoms with Crippen LogP contribution in [0.2, 0.25) is 0 Å². The molecule has 3 aromatic rings. The lowest BCUT2D eigenvalue weighted by Crippen LogP contribution is -2.14. The molecule has 5 heteroatoms. The first-order valence-corrected chi connectivity index (χ1v) is 8.30. The number of hydrogen-bond donors (Lipinski definition) is 0. The highest BCUT2D eigenvalue weighted by atomic mass is 16.5. The number of aromatic nitrogens is 3. The van der Waals surface area contributed by atoms with E-state index in [0.29, 0.717) is 6.42 Å². The Morgan fingerprint density at radius 1 is 1.21 bits per heavy atom. The van der Waals surface area contributed by atoms with Crippen LogP contribution in [0.5, 0.6) is 5.75 Å². The Kier molecular flexibility index (Phi) is 3.56. The molecule has 1 aliphatic rings. The summed E-state index contributed by atoms with van der Waals surface area (Å²) in [5.41, 5.74) is 5.54. The van der Waals surface area contributed by atoms with Crippen molar-refractivity contribution in [1.29, 1.82) is 0 Å². The molecule has 0 saturated heterocycles. The third kappa shape index (κ3) is 2.28. The minimum Gasteiger partial charge on any atom is -0.497 e. The van der Waals surface area contributed by atoms with Crippen LogP contribution in [0.4, 0.5) is 0 Å². The molecule has 0 unspecified atom stereocenters. The van der Waals surface area contributed by atoms with Crippen molar-refractivity contribution in [2.24, 2.45) is 0 Å². The zero-order chi connectivity index (χ0) is 16.7. The predicted molar refractivity (Wildman–Crippen MR) is 91.6 cm³/mol. The van der Waals surface area contributed by atoms with Gasteiger partial charge in [0.2, 0.25) is 0 Å². The summed E-state index contributed by atoms with van der Waals surface area (Å²) in [6.45, 7) is 2.08. The number of ketones is 1. The Labute approximate surface area is 140 Å². The van der Waals surface area contributed by atoms with E-state index in [1.807, 2.05) is 30.5 Å². The Morgan fingerprint density at radius 2 is 2.00 bits per heavy atom. The van der Waals surface area contributed by atoms with E-state index in [1.54, 1.807) is 11.6 Å². The summed E-state index contributed by atoms with van der Waals surface area (Å²) in [4.78, 5) is 16.9. The maximum Gasteiger partial charge on any atom is 0.166 e. The minimum atomic E-state index is 0.171. The van der Waals surface area contributed by atoms with Gasteiger partial charge in [-0.3, -0.25) is 4.79 Å². The van der Waals surface area contributed by atoms with Crippen LogP contribution >= 0.6 is 0 Å². The highest BCUT2D eigenvalue weighted by Crippen LogP contribution is 2.31. The summed E-state index contributed by atoms with van der Waals surface area (Å²) in [6, 6.07) is 7.95. The Balaban J connectivity index is 1.94. The fraction of sp³-hybridized carbons (Fsp3) is 0.316. The first-order chi connectivity index (χ1) is 11.7. The standard InChI is InChI=1S/C19H19N3O2/c1-3-15-18(12-7-9-13(24-2)10-8-12)19-20-16-5-4-6-17(23)14(16)11-22(19)21-15/h7-11H,3-6H2,1-2H3. The van der Waals surface area contributed by atoms with Gasteiger partial charge in [-0.25, -0.2) is 9.50 Å². The third-order valence-corrected chi connectivity index (χ3v) is 4.59. The molecular formula is C19H19N3O2. The number of Topliss-reactive ketones (excluding diaryl/α,β-unsaturated/α-hetero) is 1. The van der Waals surface area contributed by atoms with E-state index in [-0.39, 0.29) is 5.78 Å². The van der Waals surface area contributed by atoms with Crippen molar-refractivity contribution in [1.82, 2.24) is 14.6 Å². The van der Waals surface area contributed by atoms with Gasteiger partial charge >= 0.3 is 0 Å². The monoisotopic (exact) mass is 321 g/mol. The van der Waals surface area contributed by atoms with E-state index in [1.165, 1.54) is 0 Å². The second-order valence-corrected chi connectivity index (χ2v) is 6.05. The van der Waals surface area contributed by atoms with Gasteiger partial charge in [0.25, 0.3) is 0 Å². The Hall–Kier alpha value is -2.69. The van der Waals surface area contributed by atoms with Crippen molar-refractivity contribution in [2.75, 3.05) is 7.11 Å². The average molecular weight is 321 g/mol. The van der Waals surface area contributed by atoms with Gasteiger partial charge in [0.05, 0.1) is 24.1 Å². The van der Waals surface area contributed by atoms with Gasteiger partial charge in [0.15, 0.2) is 11.4 Å². The number of ether oxygens (including phenoxy) is 1. The van der Waals surface area contributed by atoms with Gasteiger partial charge in [0, 0.05) is 18.2 Å². The molecule has 0 radical (unpaired) electrons. The first-order valence-electron chi connectivity index (χ1n) is 8.30. The first kappa shape index (κ1) is 14.9. The van der Waals surface area contributed by atoms with Gasteiger partial charge in [-0.15, -0.1) is 0 Å². The smallest absolute Gasteiger partial charge is 0.166 e. The number of nitrogens with zero attached hydrogens (tertiary/aromatic N) is 3. The predicted octanol–water partition coefficient (Wildman–Crippen LogP) is 3.49. The van der Waals surface area contributed by atoms with E-state index in [2.05, 4.69) is 12.0 Å². The van der Waals surface area contributed by atoms with Gasteiger partial charge in [-0.1, -0.05) is 19.1 Å². The minimum absolute atomic E-state index is 0.171. The number of rotatable bonds is 3. The van der Waals surface area contributed by atoms with Crippen LogP contribution in [0.25, 0.3) is 16.8 Å². The van der Waals surface area contributed by atoms with E-state index in [0.717, 1.165) is 58.7 Å². The molecule has 122 valence electrons. The topological polar surface area (TPSA) is 56.5 Å². The molecular weight excluding hydrogens is 302 g/mol. The van der Waals surface area contributed by atoms with E-state index < -0.39 is 0 Å². The Morgan fingerprint density at radius 3 is 2.71 bits per heavy atom. The van der Waals surface area contributed by atoms with Crippen molar-refractivity contribution in [3.05, 3.63) is 47.4 Å². The molecule has 0 amide bonds. The average Bonchev–Trinajstić information content (AvgIpc) is 2.98. The van der Waals surface area contributed by atoms with Gasteiger partial charge in [0.1, 0.15) is 5.75 Å². The molecule has 0 saturated carbocycles. The molecule has 0 atom stereocenters. The van der Waals surface area contributed by atoms with E-state index in [9.17, 15) is 4.79 Å². The molecule has 2 aromatic heterocycles. The molecule has 0 fully saturated rings. The number of hydrogen-bond acceptors (Lipinski definition) is 4. The summed E-state index contributed by atoms with van der Waals surface area (Å²) < 4.78 is 7.01. The largest absolute Gasteiger partial charge is 0.497 e. The molecule has 0 aliphatic heterocycles. The Bertz CT molecular complexity index is 926. The van der Waals surface area contributed by atoms with Gasteiger partial charge in [-0.2, -0.15) is 5.10 Å². The van der Waals surface area contributed by atoms with Gasteiger partial charge < -0.3 is 4.74 Å². The molecule has 0 N–H and O–H groups in total. The maximum atomic E-state index is 12.1. The number of aryl methyl sites for hydroxylation is 2. The zero-order valence-electron chi connectivity index (χ0n) is 13.9. The van der Waals surface area contributed by atoms with Crippen LogP contribution in [0.1, 0.15) is 41.5 Å². The highest BCUT2D eigenvalue weighted by Gasteiger charge is 2.22.